The van der Waals surface area contributed by atoms with E-state index >= 15 is 0 Å². The topological polar surface area (TPSA) is 104 Å². The molecule has 0 unspecified atom stereocenters. The predicted octanol–water partition coefficient (Wildman–Crippen LogP) is 1.23. The molecular formula is C15H17N4O3S+. The van der Waals surface area contributed by atoms with Gasteiger partial charge >= 0.3 is 11.3 Å². The Hall–Kier alpha value is -2.40. The molecule has 0 saturated heterocycles. The summed E-state index contributed by atoms with van der Waals surface area (Å²) >= 11 is 1.15. The van der Waals surface area contributed by atoms with Gasteiger partial charge in [-0.1, -0.05) is 30.3 Å². The molecule has 0 saturated carbocycles. The number of aromatic nitrogens is 3. The monoisotopic (exact) mass is 333 g/mol. The van der Waals surface area contributed by atoms with Crippen LogP contribution in [0.4, 0.5) is 0 Å². The molecule has 1 N–H and O–H groups in total. The van der Waals surface area contributed by atoms with Gasteiger partial charge in [0.25, 0.3) is 0 Å². The van der Waals surface area contributed by atoms with Gasteiger partial charge in [0.2, 0.25) is 5.78 Å². The fourth-order valence-corrected chi connectivity index (χ4v) is 2.91. The van der Waals surface area contributed by atoms with Gasteiger partial charge in [-0.15, -0.1) is 0 Å². The van der Waals surface area contributed by atoms with Gasteiger partial charge in [-0.05, 0) is 29.7 Å². The van der Waals surface area contributed by atoms with E-state index in [4.69, 9.17) is 5.26 Å². The third-order valence-corrected chi connectivity index (χ3v) is 4.06. The second kappa shape index (κ2) is 7.24. The highest BCUT2D eigenvalue weighted by Crippen LogP contribution is 2.22. The molecule has 0 amide bonds. The number of H-pyrrole nitrogens is 1. The van der Waals surface area contributed by atoms with Crippen molar-refractivity contribution in [1.82, 2.24) is 10.3 Å². The largest absolute Gasteiger partial charge is 0.438 e. The normalized spacial score (nSPS) is 10.7. The van der Waals surface area contributed by atoms with E-state index in [1.807, 2.05) is 6.07 Å². The molecule has 0 aliphatic rings. The number of nitriles is 1. The lowest BCUT2D eigenvalue weighted by molar-refractivity contribution is -0.741. The SMILES string of the molecule is CC(C)Cc1ccc(C#N)c(SCC(=O)c2c(=O)o[nH][n+]2C)n1. The van der Waals surface area contributed by atoms with Crippen LogP contribution >= 0.6 is 11.8 Å². The van der Waals surface area contributed by atoms with Crippen molar-refractivity contribution in [3.63, 3.8) is 0 Å². The number of nitrogens with zero attached hydrogens (tertiary/aromatic N) is 3. The number of nitrogens with one attached hydrogen (secondary N) is 1. The zero-order chi connectivity index (χ0) is 17.0. The summed E-state index contributed by atoms with van der Waals surface area (Å²) in [5, 5.41) is 12.0. The highest BCUT2D eigenvalue weighted by Gasteiger charge is 2.26. The molecule has 2 aromatic heterocycles. The van der Waals surface area contributed by atoms with Crippen LogP contribution in [0.15, 0.2) is 26.5 Å². The van der Waals surface area contributed by atoms with Crippen molar-refractivity contribution in [2.24, 2.45) is 13.0 Å². The Bertz CT molecular complexity index is 817. The fraction of sp³-hybridized carbons (Fsp3) is 0.400. The van der Waals surface area contributed by atoms with Gasteiger partial charge in [0.15, 0.2) is 7.05 Å². The minimum atomic E-state index is -0.708. The molecule has 0 aliphatic carbocycles. The predicted molar refractivity (Wildman–Crippen MR) is 83.1 cm³/mol. The first-order valence-electron chi connectivity index (χ1n) is 7.06. The first kappa shape index (κ1) is 17.0. The van der Waals surface area contributed by atoms with E-state index in [0.29, 0.717) is 16.5 Å². The molecule has 7 nitrogen and oxygen atoms in total. The molecule has 0 spiro atoms. The first-order valence-corrected chi connectivity index (χ1v) is 8.04. The summed E-state index contributed by atoms with van der Waals surface area (Å²) in [6, 6.07) is 5.61. The van der Waals surface area contributed by atoms with Crippen LogP contribution in [0.1, 0.15) is 35.6 Å². The van der Waals surface area contributed by atoms with Gasteiger partial charge in [-0.3, -0.25) is 9.32 Å². The molecule has 0 bridgehead atoms. The molecule has 8 heteroatoms. The Balaban J connectivity index is 2.18. The number of ketones is 1. The smallest absolute Gasteiger partial charge is 0.286 e. The van der Waals surface area contributed by atoms with E-state index in [2.05, 4.69) is 34.7 Å². The van der Waals surface area contributed by atoms with Crippen LogP contribution < -0.4 is 10.3 Å². The second-order valence-electron chi connectivity index (χ2n) is 5.47. The maximum Gasteiger partial charge on any atom is 0.438 e. The van der Waals surface area contributed by atoms with E-state index in [-0.39, 0.29) is 17.2 Å². The summed E-state index contributed by atoms with van der Waals surface area (Å²) in [7, 11) is 1.52. The van der Waals surface area contributed by atoms with Crippen molar-refractivity contribution < 1.29 is 14.0 Å². The van der Waals surface area contributed by atoms with Gasteiger partial charge < -0.3 is 0 Å². The number of Topliss-reactive ketones (excluding diaryl/α,β-unsaturated/α-hetero) is 1. The summed E-state index contributed by atoms with van der Waals surface area (Å²) < 4.78 is 5.80. The number of hydrogen-bond donors (Lipinski definition) is 1. The Morgan fingerprint density at radius 3 is 2.83 bits per heavy atom. The van der Waals surface area contributed by atoms with Crippen LogP contribution in [0.2, 0.25) is 0 Å². The van der Waals surface area contributed by atoms with Crippen molar-refractivity contribution in [3.05, 3.63) is 39.5 Å². The number of aryl methyl sites for hydroxylation is 1. The van der Waals surface area contributed by atoms with Crippen LogP contribution in [-0.2, 0) is 13.5 Å². The molecule has 0 radical (unpaired) electrons. The number of rotatable bonds is 6. The maximum absolute atomic E-state index is 12.2. The number of thioether (sulfide) groups is 1. The van der Waals surface area contributed by atoms with Gasteiger partial charge in [0.05, 0.1) is 11.3 Å². The number of aromatic amines is 1. The first-order chi connectivity index (χ1) is 10.9. The number of pyridine rings is 1. The van der Waals surface area contributed by atoms with Crippen molar-refractivity contribution in [2.45, 2.75) is 25.3 Å². The summed E-state index contributed by atoms with van der Waals surface area (Å²) in [6.07, 6.45) is 0.795. The fourth-order valence-electron chi connectivity index (χ4n) is 2.05. The molecule has 2 aromatic rings. The highest BCUT2D eigenvalue weighted by atomic mass is 32.2. The quantitative estimate of drug-likeness (QED) is 0.484. The molecule has 120 valence electrons. The molecule has 0 aliphatic heterocycles. The Kier molecular flexibility index (Phi) is 5.34. The van der Waals surface area contributed by atoms with E-state index in [1.165, 1.54) is 11.7 Å². The number of carbonyl (C=O) groups is 1. The van der Waals surface area contributed by atoms with Crippen LogP contribution in [-0.4, -0.2) is 21.8 Å². The lowest BCUT2D eigenvalue weighted by Gasteiger charge is -2.07. The van der Waals surface area contributed by atoms with Gasteiger partial charge in [0, 0.05) is 5.69 Å². The molecule has 0 atom stereocenters. The highest BCUT2D eigenvalue weighted by molar-refractivity contribution is 8.00. The third-order valence-electron chi connectivity index (χ3n) is 3.06. The van der Waals surface area contributed by atoms with Crippen LogP contribution in [0.5, 0.6) is 0 Å². The molecule has 0 aromatic carbocycles. The lowest BCUT2D eigenvalue weighted by Crippen LogP contribution is -2.39. The minimum Gasteiger partial charge on any atom is -0.286 e. The number of hydrogen-bond acceptors (Lipinski definition) is 6. The molecular weight excluding hydrogens is 316 g/mol. The Morgan fingerprint density at radius 1 is 1.52 bits per heavy atom. The van der Waals surface area contributed by atoms with Crippen molar-refractivity contribution >= 4 is 17.5 Å². The van der Waals surface area contributed by atoms with Crippen LogP contribution in [0.3, 0.4) is 0 Å². The van der Waals surface area contributed by atoms with Crippen molar-refractivity contribution in [3.8, 4) is 6.07 Å². The van der Waals surface area contributed by atoms with Crippen LogP contribution in [0, 0.1) is 17.2 Å². The van der Waals surface area contributed by atoms with Crippen LogP contribution in [0.25, 0.3) is 0 Å². The van der Waals surface area contributed by atoms with Crippen molar-refractivity contribution in [1.29, 1.82) is 5.26 Å². The van der Waals surface area contributed by atoms with E-state index < -0.39 is 5.63 Å². The molecule has 23 heavy (non-hydrogen) atoms. The lowest BCUT2D eigenvalue weighted by atomic mass is 10.1. The zero-order valence-electron chi connectivity index (χ0n) is 13.1. The van der Waals surface area contributed by atoms with Gasteiger partial charge in [-0.25, -0.2) is 9.78 Å². The van der Waals surface area contributed by atoms with E-state index in [0.717, 1.165) is 23.9 Å². The second-order valence-corrected chi connectivity index (χ2v) is 6.43. The summed E-state index contributed by atoms with van der Waals surface area (Å²) in [5.41, 5.74) is 0.524. The van der Waals surface area contributed by atoms with Gasteiger partial charge in [0.1, 0.15) is 11.1 Å². The molecule has 2 rings (SSSR count). The Morgan fingerprint density at radius 2 is 2.26 bits per heavy atom. The minimum absolute atomic E-state index is 0.00324. The van der Waals surface area contributed by atoms with E-state index in [1.54, 1.807) is 6.07 Å². The third kappa shape index (κ3) is 4.07. The van der Waals surface area contributed by atoms with E-state index in [9.17, 15) is 9.59 Å². The summed E-state index contributed by atoms with van der Waals surface area (Å²) in [6.45, 7) is 4.17. The number of carbonyl (C=O) groups excluding carboxylic acids is 1. The average Bonchev–Trinajstić information content (AvgIpc) is 2.83. The maximum atomic E-state index is 12.2. The summed E-state index contributed by atoms with van der Waals surface area (Å²) in [4.78, 5) is 28.1. The average molecular weight is 333 g/mol. The van der Waals surface area contributed by atoms with Crippen molar-refractivity contribution in [2.75, 3.05) is 5.75 Å². The molecule has 0 fully saturated rings. The van der Waals surface area contributed by atoms with Gasteiger partial charge in [-0.2, -0.15) is 5.26 Å². The zero-order valence-corrected chi connectivity index (χ0v) is 13.9. The Labute approximate surface area is 137 Å². The molecule has 2 heterocycles. The summed E-state index contributed by atoms with van der Waals surface area (Å²) in [5.74, 6) is 0.0643. The standard InChI is InChI=1S/C15H16N4O3S/c1-9(2)6-11-5-4-10(7-16)14(17-11)23-8-12(20)13-15(21)22-18-19(13)3/h4-5,9H,6,8H2,1-3H3/p+1.